The van der Waals surface area contributed by atoms with Crippen LogP contribution in [0.4, 0.5) is 5.69 Å². The first-order valence-corrected chi connectivity index (χ1v) is 6.70. The average Bonchev–Trinajstić information content (AvgIpc) is 2.37. The van der Waals surface area contributed by atoms with E-state index in [9.17, 15) is 4.79 Å². The van der Waals surface area contributed by atoms with E-state index in [0.29, 0.717) is 31.3 Å². The highest BCUT2D eigenvalue weighted by atomic mass is 35.5. The van der Waals surface area contributed by atoms with Crippen molar-refractivity contribution < 1.29 is 4.79 Å². The van der Waals surface area contributed by atoms with E-state index in [-0.39, 0.29) is 5.91 Å². The third-order valence-electron chi connectivity index (χ3n) is 2.38. The Bertz CT molecular complexity index is 622. The SMILES string of the molecule is O=C(Nc1c(Cl)cccc1Cl)c1ccc(Cl)c(Cl)c1. The summed E-state index contributed by atoms with van der Waals surface area (Å²) in [6, 6.07) is 9.56. The Morgan fingerprint density at radius 2 is 1.47 bits per heavy atom. The Balaban J connectivity index is 2.28. The van der Waals surface area contributed by atoms with Crippen LogP contribution in [0.5, 0.6) is 0 Å². The minimum Gasteiger partial charge on any atom is -0.319 e. The van der Waals surface area contributed by atoms with Gasteiger partial charge in [-0.3, -0.25) is 4.79 Å². The van der Waals surface area contributed by atoms with Gasteiger partial charge in [-0.1, -0.05) is 52.5 Å². The van der Waals surface area contributed by atoms with E-state index in [4.69, 9.17) is 46.4 Å². The topological polar surface area (TPSA) is 29.1 Å². The maximum atomic E-state index is 12.1. The second-order valence-corrected chi connectivity index (χ2v) is 5.31. The molecule has 0 aliphatic rings. The number of benzene rings is 2. The van der Waals surface area contributed by atoms with Crippen molar-refractivity contribution in [2.24, 2.45) is 0 Å². The fourth-order valence-electron chi connectivity index (χ4n) is 1.44. The van der Waals surface area contributed by atoms with Crippen LogP contribution < -0.4 is 5.32 Å². The molecule has 0 heterocycles. The monoisotopic (exact) mass is 333 g/mol. The normalized spacial score (nSPS) is 10.3. The highest BCUT2D eigenvalue weighted by Gasteiger charge is 2.12. The lowest BCUT2D eigenvalue weighted by molar-refractivity contribution is 0.102. The molecule has 0 aromatic heterocycles. The van der Waals surface area contributed by atoms with E-state index in [1.807, 2.05) is 0 Å². The van der Waals surface area contributed by atoms with E-state index < -0.39 is 0 Å². The summed E-state index contributed by atoms with van der Waals surface area (Å²) in [4.78, 5) is 12.1. The van der Waals surface area contributed by atoms with Crippen molar-refractivity contribution >= 4 is 58.0 Å². The molecule has 2 aromatic carbocycles. The number of hydrogen-bond acceptors (Lipinski definition) is 1. The third kappa shape index (κ3) is 3.34. The first-order chi connectivity index (χ1) is 8.99. The Morgan fingerprint density at radius 1 is 0.842 bits per heavy atom. The molecule has 2 aromatic rings. The van der Waals surface area contributed by atoms with Gasteiger partial charge >= 0.3 is 0 Å². The van der Waals surface area contributed by atoms with Gasteiger partial charge in [-0.25, -0.2) is 0 Å². The van der Waals surface area contributed by atoms with Gasteiger partial charge < -0.3 is 5.32 Å². The van der Waals surface area contributed by atoms with E-state index in [1.54, 1.807) is 30.3 Å². The van der Waals surface area contributed by atoms with Gasteiger partial charge in [0.15, 0.2) is 0 Å². The molecule has 6 heteroatoms. The molecule has 0 radical (unpaired) electrons. The second-order valence-electron chi connectivity index (χ2n) is 3.68. The number of carbonyl (C=O) groups is 1. The van der Waals surface area contributed by atoms with Crippen molar-refractivity contribution in [1.29, 1.82) is 0 Å². The van der Waals surface area contributed by atoms with Gasteiger partial charge in [0.2, 0.25) is 0 Å². The molecule has 0 atom stereocenters. The van der Waals surface area contributed by atoms with Crippen LogP contribution in [0.1, 0.15) is 10.4 Å². The molecule has 0 aliphatic heterocycles. The summed E-state index contributed by atoms with van der Waals surface area (Å²) >= 11 is 23.6. The van der Waals surface area contributed by atoms with E-state index >= 15 is 0 Å². The zero-order chi connectivity index (χ0) is 14.0. The number of nitrogens with one attached hydrogen (secondary N) is 1. The van der Waals surface area contributed by atoms with Crippen molar-refractivity contribution in [3.63, 3.8) is 0 Å². The molecule has 0 fully saturated rings. The highest BCUT2D eigenvalue weighted by Crippen LogP contribution is 2.30. The van der Waals surface area contributed by atoms with E-state index in [1.165, 1.54) is 6.07 Å². The Hall–Kier alpha value is -0.930. The number of halogens is 4. The molecule has 0 aliphatic carbocycles. The Labute approximate surface area is 130 Å². The van der Waals surface area contributed by atoms with Gasteiger partial charge in [0.1, 0.15) is 0 Å². The zero-order valence-corrected chi connectivity index (χ0v) is 12.4. The van der Waals surface area contributed by atoms with Crippen LogP contribution in [0.3, 0.4) is 0 Å². The maximum Gasteiger partial charge on any atom is 0.255 e. The summed E-state index contributed by atoms with van der Waals surface area (Å²) < 4.78 is 0. The van der Waals surface area contributed by atoms with E-state index in [0.717, 1.165) is 0 Å². The molecular formula is C13H7Cl4NO. The molecular weight excluding hydrogens is 328 g/mol. The molecule has 0 unspecified atom stereocenters. The number of anilines is 1. The van der Waals surface area contributed by atoms with Crippen molar-refractivity contribution in [2.75, 3.05) is 5.32 Å². The maximum absolute atomic E-state index is 12.1. The molecule has 0 saturated carbocycles. The second kappa shape index (κ2) is 6.02. The van der Waals surface area contributed by atoms with Crippen LogP contribution in [0, 0.1) is 0 Å². The molecule has 0 spiro atoms. The minimum atomic E-state index is -0.367. The van der Waals surface area contributed by atoms with Gasteiger partial charge in [0.05, 0.1) is 25.8 Å². The summed E-state index contributed by atoms with van der Waals surface area (Å²) in [6.07, 6.45) is 0. The molecule has 0 saturated heterocycles. The van der Waals surface area contributed by atoms with Gasteiger partial charge in [-0.2, -0.15) is 0 Å². The van der Waals surface area contributed by atoms with Crippen LogP contribution in [0.15, 0.2) is 36.4 Å². The van der Waals surface area contributed by atoms with Crippen molar-refractivity contribution in [3.8, 4) is 0 Å². The Kier molecular flexibility index (Phi) is 4.58. The predicted molar refractivity (Wildman–Crippen MR) is 80.9 cm³/mol. The lowest BCUT2D eigenvalue weighted by Gasteiger charge is -2.09. The van der Waals surface area contributed by atoms with Crippen molar-refractivity contribution in [1.82, 2.24) is 0 Å². The molecule has 2 rings (SSSR count). The first kappa shape index (κ1) is 14.5. The molecule has 1 N–H and O–H groups in total. The fourth-order valence-corrected chi connectivity index (χ4v) is 2.23. The summed E-state index contributed by atoms with van der Waals surface area (Å²) in [5, 5.41) is 4.05. The first-order valence-electron chi connectivity index (χ1n) is 5.19. The third-order valence-corrected chi connectivity index (χ3v) is 3.75. The quantitative estimate of drug-likeness (QED) is 0.766. The lowest BCUT2D eigenvalue weighted by atomic mass is 10.2. The molecule has 98 valence electrons. The fraction of sp³-hybridized carbons (Fsp3) is 0. The van der Waals surface area contributed by atoms with Gasteiger partial charge in [0.25, 0.3) is 5.91 Å². The number of rotatable bonds is 2. The Morgan fingerprint density at radius 3 is 2.05 bits per heavy atom. The lowest BCUT2D eigenvalue weighted by Crippen LogP contribution is -2.12. The van der Waals surface area contributed by atoms with Gasteiger partial charge in [0, 0.05) is 5.56 Å². The summed E-state index contributed by atoms with van der Waals surface area (Å²) in [5.41, 5.74) is 0.729. The van der Waals surface area contributed by atoms with Crippen LogP contribution >= 0.6 is 46.4 Å². The molecule has 0 bridgehead atoms. The van der Waals surface area contributed by atoms with Crippen LogP contribution in [0.2, 0.25) is 20.1 Å². The highest BCUT2D eigenvalue weighted by molar-refractivity contribution is 6.42. The summed E-state index contributed by atoms with van der Waals surface area (Å²) in [5.74, 6) is -0.367. The number of amides is 1. The van der Waals surface area contributed by atoms with Gasteiger partial charge in [-0.15, -0.1) is 0 Å². The van der Waals surface area contributed by atoms with Crippen LogP contribution in [-0.4, -0.2) is 5.91 Å². The van der Waals surface area contributed by atoms with Crippen molar-refractivity contribution in [3.05, 3.63) is 62.1 Å². The smallest absolute Gasteiger partial charge is 0.255 e. The molecule has 1 amide bonds. The van der Waals surface area contributed by atoms with Crippen LogP contribution in [-0.2, 0) is 0 Å². The summed E-state index contributed by atoms with van der Waals surface area (Å²) in [6.45, 7) is 0. The molecule has 2 nitrogen and oxygen atoms in total. The largest absolute Gasteiger partial charge is 0.319 e. The van der Waals surface area contributed by atoms with E-state index in [2.05, 4.69) is 5.32 Å². The standard InChI is InChI=1S/C13H7Cl4NO/c14-8-5-4-7(6-11(8)17)13(19)18-12-9(15)2-1-3-10(12)16/h1-6H,(H,18,19). The van der Waals surface area contributed by atoms with Crippen LogP contribution in [0.25, 0.3) is 0 Å². The average molecular weight is 335 g/mol. The predicted octanol–water partition coefficient (Wildman–Crippen LogP) is 5.55. The van der Waals surface area contributed by atoms with Gasteiger partial charge in [-0.05, 0) is 30.3 Å². The number of para-hydroxylation sites is 1. The van der Waals surface area contributed by atoms with Crippen molar-refractivity contribution in [2.45, 2.75) is 0 Å². The number of hydrogen-bond donors (Lipinski definition) is 1. The zero-order valence-electron chi connectivity index (χ0n) is 9.38. The molecule has 19 heavy (non-hydrogen) atoms. The number of carbonyl (C=O) groups excluding carboxylic acids is 1. The summed E-state index contributed by atoms with van der Waals surface area (Å²) in [7, 11) is 0. The minimum absolute atomic E-state index is 0.305.